The third-order valence-corrected chi connectivity index (χ3v) is 3.93. The monoisotopic (exact) mass is 254 g/mol. The van der Waals surface area contributed by atoms with Crippen molar-refractivity contribution in [3.05, 3.63) is 36.0 Å². The molecule has 19 heavy (non-hydrogen) atoms. The molecule has 0 spiro atoms. The van der Waals surface area contributed by atoms with E-state index in [4.69, 9.17) is 5.26 Å². The van der Waals surface area contributed by atoms with Gasteiger partial charge in [-0.25, -0.2) is 4.79 Å². The predicted molar refractivity (Wildman–Crippen MR) is 70.8 cm³/mol. The van der Waals surface area contributed by atoms with Crippen LogP contribution < -0.4 is 0 Å². The van der Waals surface area contributed by atoms with Gasteiger partial charge in [0.1, 0.15) is 5.69 Å². The second-order valence-electron chi connectivity index (χ2n) is 5.31. The molecule has 1 aliphatic carbocycles. The van der Waals surface area contributed by atoms with Gasteiger partial charge in [-0.15, -0.1) is 0 Å². The number of carboxylic acids is 1. The highest BCUT2D eigenvalue weighted by Crippen LogP contribution is 2.50. The average Bonchev–Trinajstić information content (AvgIpc) is 3.04. The predicted octanol–water partition coefficient (Wildman–Crippen LogP) is 3.03. The molecule has 1 aliphatic rings. The first-order valence-corrected chi connectivity index (χ1v) is 6.34. The zero-order chi connectivity index (χ0) is 13.5. The minimum atomic E-state index is -0.913. The quantitative estimate of drug-likeness (QED) is 0.911. The van der Waals surface area contributed by atoms with Crippen LogP contribution in [-0.2, 0) is 6.54 Å². The van der Waals surface area contributed by atoms with Crippen molar-refractivity contribution >= 4 is 16.9 Å². The minimum absolute atomic E-state index is 0.0132. The number of carboxylic acid groups (broad SMARTS) is 1. The molecular formula is C15H14N2O2. The van der Waals surface area contributed by atoms with Crippen LogP contribution in [0.15, 0.2) is 30.3 Å². The lowest BCUT2D eigenvalue weighted by atomic mass is 10.0. The molecule has 0 aliphatic heterocycles. The van der Waals surface area contributed by atoms with Crippen molar-refractivity contribution in [3.63, 3.8) is 0 Å². The number of hydrogen-bond donors (Lipinski definition) is 1. The van der Waals surface area contributed by atoms with Gasteiger partial charge in [0.05, 0.1) is 6.07 Å². The Balaban J connectivity index is 2.08. The summed E-state index contributed by atoms with van der Waals surface area (Å²) in [7, 11) is 0. The third kappa shape index (κ3) is 1.97. The van der Waals surface area contributed by atoms with Crippen molar-refractivity contribution in [2.45, 2.75) is 25.8 Å². The Kier molecular flexibility index (Phi) is 2.56. The first-order chi connectivity index (χ1) is 9.15. The molecule has 0 saturated heterocycles. The molecule has 4 heteroatoms. The second kappa shape index (κ2) is 4.13. The molecule has 1 heterocycles. The smallest absolute Gasteiger partial charge is 0.352 e. The highest BCUT2D eigenvalue weighted by Gasteiger charge is 2.43. The summed E-state index contributed by atoms with van der Waals surface area (Å²) in [4.78, 5) is 11.4. The summed E-state index contributed by atoms with van der Waals surface area (Å²) in [5.41, 5.74) is 1.23. The normalized spacial score (nSPS) is 16.2. The van der Waals surface area contributed by atoms with Gasteiger partial charge in [0.15, 0.2) is 0 Å². The SMILES string of the molecule is N#CCC1(Cn2c(C(=O)O)cc3ccccc32)CC1. The summed E-state index contributed by atoms with van der Waals surface area (Å²) >= 11 is 0. The molecule has 4 nitrogen and oxygen atoms in total. The van der Waals surface area contributed by atoms with Gasteiger partial charge in [-0.05, 0) is 25.0 Å². The average molecular weight is 254 g/mol. The third-order valence-electron chi connectivity index (χ3n) is 3.93. The zero-order valence-corrected chi connectivity index (χ0v) is 10.5. The van der Waals surface area contributed by atoms with Crippen molar-refractivity contribution in [3.8, 4) is 6.07 Å². The van der Waals surface area contributed by atoms with Crippen LogP contribution in [0.1, 0.15) is 29.8 Å². The second-order valence-corrected chi connectivity index (χ2v) is 5.31. The van der Waals surface area contributed by atoms with Gasteiger partial charge in [0.25, 0.3) is 0 Å². The van der Waals surface area contributed by atoms with E-state index in [0.717, 1.165) is 23.7 Å². The fraction of sp³-hybridized carbons (Fsp3) is 0.333. The number of rotatable bonds is 4. The van der Waals surface area contributed by atoms with Gasteiger partial charge >= 0.3 is 5.97 Å². The largest absolute Gasteiger partial charge is 0.477 e. The van der Waals surface area contributed by atoms with Crippen LogP contribution in [0.3, 0.4) is 0 Å². The summed E-state index contributed by atoms with van der Waals surface area (Å²) in [6.07, 6.45) is 2.51. The van der Waals surface area contributed by atoms with Crippen molar-refractivity contribution in [1.29, 1.82) is 5.26 Å². The van der Waals surface area contributed by atoms with E-state index < -0.39 is 5.97 Å². The first-order valence-electron chi connectivity index (χ1n) is 6.34. The van der Waals surface area contributed by atoms with Crippen LogP contribution in [0.2, 0.25) is 0 Å². The van der Waals surface area contributed by atoms with E-state index in [1.807, 2.05) is 28.8 Å². The molecule has 1 saturated carbocycles. The maximum atomic E-state index is 11.4. The van der Waals surface area contributed by atoms with Crippen LogP contribution >= 0.6 is 0 Å². The van der Waals surface area contributed by atoms with Gasteiger partial charge in [0.2, 0.25) is 0 Å². The maximum absolute atomic E-state index is 11.4. The number of carbonyl (C=O) groups is 1. The molecule has 0 amide bonds. The number of hydrogen-bond acceptors (Lipinski definition) is 2. The van der Waals surface area contributed by atoms with E-state index in [9.17, 15) is 9.90 Å². The van der Waals surface area contributed by atoms with Gasteiger partial charge in [-0.1, -0.05) is 18.2 Å². The topological polar surface area (TPSA) is 66.0 Å². The minimum Gasteiger partial charge on any atom is -0.477 e. The van der Waals surface area contributed by atoms with E-state index >= 15 is 0 Å². The molecule has 1 aromatic carbocycles. The molecule has 0 atom stereocenters. The van der Waals surface area contributed by atoms with Gasteiger partial charge in [0, 0.05) is 29.3 Å². The van der Waals surface area contributed by atoms with E-state index in [0.29, 0.717) is 18.7 Å². The Morgan fingerprint density at radius 1 is 1.42 bits per heavy atom. The van der Waals surface area contributed by atoms with Crippen LogP contribution in [-0.4, -0.2) is 15.6 Å². The number of nitrogens with zero attached hydrogens (tertiary/aromatic N) is 2. The fourth-order valence-electron chi connectivity index (χ4n) is 2.63. The molecule has 2 aromatic rings. The van der Waals surface area contributed by atoms with Gasteiger partial charge in [-0.2, -0.15) is 5.26 Å². The number of nitriles is 1. The zero-order valence-electron chi connectivity index (χ0n) is 10.5. The highest BCUT2D eigenvalue weighted by atomic mass is 16.4. The first kappa shape index (κ1) is 11.8. The molecule has 0 unspecified atom stereocenters. The Morgan fingerprint density at radius 2 is 2.16 bits per heavy atom. The standard InChI is InChI=1S/C15H14N2O2/c16-8-7-15(5-6-15)10-17-12-4-2-1-3-11(12)9-13(17)14(18)19/h1-4,9H,5-7,10H2,(H,18,19). The lowest BCUT2D eigenvalue weighted by Crippen LogP contribution is -2.15. The molecule has 1 fully saturated rings. The van der Waals surface area contributed by atoms with Crippen molar-refractivity contribution in [2.24, 2.45) is 5.41 Å². The summed E-state index contributed by atoms with van der Waals surface area (Å²) in [6, 6.07) is 11.6. The number of para-hydroxylation sites is 1. The Labute approximate surface area is 110 Å². The van der Waals surface area contributed by atoms with Crippen molar-refractivity contribution in [1.82, 2.24) is 4.57 Å². The van der Waals surface area contributed by atoms with Crippen molar-refractivity contribution < 1.29 is 9.90 Å². The molecule has 1 N–H and O–H groups in total. The van der Waals surface area contributed by atoms with Crippen LogP contribution in [0, 0.1) is 16.7 Å². The van der Waals surface area contributed by atoms with Gasteiger partial charge < -0.3 is 9.67 Å². The molecule has 0 bridgehead atoms. The van der Waals surface area contributed by atoms with E-state index in [2.05, 4.69) is 6.07 Å². The van der Waals surface area contributed by atoms with Crippen LogP contribution in [0.25, 0.3) is 10.9 Å². The van der Waals surface area contributed by atoms with Crippen LogP contribution in [0.5, 0.6) is 0 Å². The maximum Gasteiger partial charge on any atom is 0.352 e. The molecule has 3 rings (SSSR count). The Hall–Kier alpha value is -2.28. The molecule has 96 valence electrons. The fourth-order valence-corrected chi connectivity index (χ4v) is 2.63. The number of aromatic carboxylic acids is 1. The van der Waals surface area contributed by atoms with E-state index in [1.165, 1.54) is 0 Å². The Bertz CT molecular complexity index is 690. The summed E-state index contributed by atoms with van der Waals surface area (Å²) in [6.45, 7) is 0.621. The summed E-state index contributed by atoms with van der Waals surface area (Å²) in [5.74, 6) is -0.913. The lowest BCUT2D eigenvalue weighted by Gasteiger charge is -2.15. The Morgan fingerprint density at radius 3 is 2.79 bits per heavy atom. The molecule has 0 radical (unpaired) electrons. The molecular weight excluding hydrogens is 240 g/mol. The van der Waals surface area contributed by atoms with Crippen molar-refractivity contribution in [2.75, 3.05) is 0 Å². The van der Waals surface area contributed by atoms with E-state index in [1.54, 1.807) is 6.07 Å². The number of benzene rings is 1. The highest BCUT2D eigenvalue weighted by molar-refractivity contribution is 5.94. The van der Waals surface area contributed by atoms with Crippen LogP contribution in [0.4, 0.5) is 0 Å². The van der Waals surface area contributed by atoms with E-state index in [-0.39, 0.29) is 5.41 Å². The summed E-state index contributed by atoms with van der Waals surface area (Å²) in [5, 5.41) is 19.2. The molecule has 1 aromatic heterocycles. The lowest BCUT2D eigenvalue weighted by molar-refractivity contribution is 0.0684. The number of fused-ring (bicyclic) bond motifs is 1. The summed E-state index contributed by atoms with van der Waals surface area (Å²) < 4.78 is 1.85. The van der Waals surface area contributed by atoms with Gasteiger partial charge in [-0.3, -0.25) is 0 Å². The number of aromatic nitrogens is 1.